The predicted octanol–water partition coefficient (Wildman–Crippen LogP) is 4.66. The second kappa shape index (κ2) is 7.50. The van der Waals surface area contributed by atoms with Crippen molar-refractivity contribution in [1.82, 2.24) is 0 Å². The van der Waals surface area contributed by atoms with Crippen molar-refractivity contribution in [3.63, 3.8) is 0 Å². The van der Waals surface area contributed by atoms with Gasteiger partial charge in [0.2, 0.25) is 0 Å². The van der Waals surface area contributed by atoms with Crippen LogP contribution in [0.1, 0.15) is 21.5 Å². The second-order valence-electron chi connectivity index (χ2n) is 5.86. The summed E-state index contributed by atoms with van der Waals surface area (Å²) in [5.74, 6) is -0.329. The number of aryl methyl sites for hydroxylation is 1. The Morgan fingerprint density at radius 2 is 1.59 bits per heavy atom. The van der Waals surface area contributed by atoms with Gasteiger partial charge in [-0.15, -0.1) is 0 Å². The van der Waals surface area contributed by atoms with E-state index in [1.165, 1.54) is 18.2 Å². The molecule has 0 aliphatic carbocycles. The van der Waals surface area contributed by atoms with Gasteiger partial charge < -0.3 is 4.74 Å². The fraction of sp³-hybridized carbons (Fsp3) is 0.0476. The summed E-state index contributed by atoms with van der Waals surface area (Å²) in [6.45, 7) is 1.61. The third-order valence-electron chi connectivity index (χ3n) is 4.05. The third kappa shape index (κ3) is 3.99. The molecule has 0 unspecified atom stereocenters. The SMILES string of the molecule is Cc1ccc(C(=O)Oc2ccc(-c3ccc(C#N)cc3)cc2)cc1[N+](=O)[O-]. The van der Waals surface area contributed by atoms with Gasteiger partial charge in [-0.05, 0) is 48.4 Å². The summed E-state index contributed by atoms with van der Waals surface area (Å²) in [6, 6.07) is 20.3. The molecular formula is C21H14N2O4. The maximum absolute atomic E-state index is 12.3. The van der Waals surface area contributed by atoms with E-state index >= 15 is 0 Å². The van der Waals surface area contributed by atoms with Crippen LogP contribution >= 0.6 is 0 Å². The number of carbonyl (C=O) groups excluding carboxylic acids is 1. The number of rotatable bonds is 4. The summed E-state index contributed by atoms with van der Waals surface area (Å²) in [7, 11) is 0. The highest BCUT2D eigenvalue weighted by molar-refractivity contribution is 5.92. The summed E-state index contributed by atoms with van der Waals surface area (Å²) >= 11 is 0. The van der Waals surface area contributed by atoms with E-state index in [9.17, 15) is 14.9 Å². The molecule has 6 heteroatoms. The van der Waals surface area contributed by atoms with Gasteiger partial charge in [-0.25, -0.2) is 4.79 Å². The Bertz CT molecular complexity index is 1050. The van der Waals surface area contributed by atoms with Crippen LogP contribution in [-0.2, 0) is 0 Å². The number of esters is 1. The summed E-state index contributed by atoms with van der Waals surface area (Å²) < 4.78 is 5.30. The normalized spacial score (nSPS) is 10.1. The zero-order valence-corrected chi connectivity index (χ0v) is 14.4. The molecular weight excluding hydrogens is 344 g/mol. The zero-order valence-electron chi connectivity index (χ0n) is 14.4. The predicted molar refractivity (Wildman–Crippen MR) is 99.4 cm³/mol. The Kier molecular flexibility index (Phi) is 4.95. The standard InChI is InChI=1S/C21H14N2O4/c1-14-2-5-18(12-20(14)23(25)26)21(24)27-19-10-8-17(9-11-19)16-6-3-15(13-22)4-7-16/h2-12H,1H3. The summed E-state index contributed by atoms with van der Waals surface area (Å²) in [5.41, 5.74) is 2.88. The molecule has 0 aliphatic rings. The van der Waals surface area contributed by atoms with E-state index in [-0.39, 0.29) is 11.3 Å². The van der Waals surface area contributed by atoms with Gasteiger partial charge in [0, 0.05) is 11.6 Å². The second-order valence-corrected chi connectivity index (χ2v) is 5.86. The van der Waals surface area contributed by atoms with E-state index in [0.717, 1.165) is 11.1 Å². The van der Waals surface area contributed by atoms with Gasteiger partial charge in [0.15, 0.2) is 0 Å². The van der Waals surface area contributed by atoms with Crippen molar-refractivity contribution < 1.29 is 14.5 Å². The van der Waals surface area contributed by atoms with Crippen LogP contribution in [0, 0.1) is 28.4 Å². The van der Waals surface area contributed by atoms with Gasteiger partial charge in [0.05, 0.1) is 22.1 Å². The number of nitrogens with zero attached hydrogens (tertiary/aromatic N) is 2. The molecule has 0 atom stereocenters. The van der Waals surface area contributed by atoms with Crippen LogP contribution < -0.4 is 4.74 Å². The fourth-order valence-corrected chi connectivity index (χ4v) is 2.55. The van der Waals surface area contributed by atoms with E-state index < -0.39 is 10.9 Å². The average molecular weight is 358 g/mol. The van der Waals surface area contributed by atoms with E-state index in [4.69, 9.17) is 10.00 Å². The van der Waals surface area contributed by atoms with Crippen LogP contribution in [0.2, 0.25) is 0 Å². The molecule has 3 aromatic carbocycles. The minimum atomic E-state index is -0.663. The lowest BCUT2D eigenvalue weighted by molar-refractivity contribution is -0.385. The lowest BCUT2D eigenvalue weighted by Gasteiger charge is -2.07. The maximum Gasteiger partial charge on any atom is 0.343 e. The monoisotopic (exact) mass is 358 g/mol. The lowest BCUT2D eigenvalue weighted by Crippen LogP contribution is -2.09. The maximum atomic E-state index is 12.3. The van der Waals surface area contributed by atoms with Crippen LogP contribution in [0.15, 0.2) is 66.7 Å². The van der Waals surface area contributed by atoms with Crippen molar-refractivity contribution in [3.8, 4) is 22.9 Å². The quantitative estimate of drug-likeness (QED) is 0.293. The molecule has 6 nitrogen and oxygen atoms in total. The number of hydrogen-bond donors (Lipinski definition) is 0. The molecule has 27 heavy (non-hydrogen) atoms. The van der Waals surface area contributed by atoms with Crippen molar-refractivity contribution in [2.24, 2.45) is 0 Å². The largest absolute Gasteiger partial charge is 0.423 e. The van der Waals surface area contributed by atoms with Gasteiger partial charge in [0.25, 0.3) is 5.69 Å². The first kappa shape index (κ1) is 17.8. The van der Waals surface area contributed by atoms with Gasteiger partial charge in [0.1, 0.15) is 5.75 Å². The first-order chi connectivity index (χ1) is 13.0. The highest BCUT2D eigenvalue weighted by Gasteiger charge is 2.16. The fourth-order valence-electron chi connectivity index (χ4n) is 2.55. The number of benzene rings is 3. The van der Waals surface area contributed by atoms with Crippen molar-refractivity contribution in [2.45, 2.75) is 6.92 Å². The lowest BCUT2D eigenvalue weighted by atomic mass is 10.0. The van der Waals surface area contributed by atoms with Crippen LogP contribution in [0.3, 0.4) is 0 Å². The minimum Gasteiger partial charge on any atom is -0.423 e. The Hall–Kier alpha value is -3.98. The molecule has 3 aromatic rings. The van der Waals surface area contributed by atoms with Crippen LogP contribution in [0.25, 0.3) is 11.1 Å². The molecule has 0 fully saturated rings. The van der Waals surface area contributed by atoms with Crippen LogP contribution in [0.4, 0.5) is 5.69 Å². The van der Waals surface area contributed by atoms with Crippen molar-refractivity contribution >= 4 is 11.7 Å². The first-order valence-corrected chi connectivity index (χ1v) is 8.06. The molecule has 0 aliphatic heterocycles. The smallest absolute Gasteiger partial charge is 0.343 e. The van der Waals surface area contributed by atoms with E-state index in [1.807, 2.05) is 12.1 Å². The molecule has 0 bridgehead atoms. The summed E-state index contributed by atoms with van der Waals surface area (Å²) in [5, 5.41) is 19.8. The Balaban J connectivity index is 1.76. The highest BCUT2D eigenvalue weighted by Crippen LogP contribution is 2.24. The van der Waals surface area contributed by atoms with Gasteiger partial charge in [-0.3, -0.25) is 10.1 Å². The van der Waals surface area contributed by atoms with Crippen molar-refractivity contribution in [1.29, 1.82) is 5.26 Å². The summed E-state index contributed by atoms with van der Waals surface area (Å²) in [4.78, 5) is 22.7. The number of hydrogen-bond acceptors (Lipinski definition) is 5. The molecule has 132 valence electrons. The van der Waals surface area contributed by atoms with Crippen molar-refractivity contribution in [3.05, 3.63) is 93.5 Å². The van der Waals surface area contributed by atoms with Gasteiger partial charge in [-0.2, -0.15) is 5.26 Å². The van der Waals surface area contributed by atoms with Gasteiger partial charge in [-0.1, -0.05) is 30.3 Å². The van der Waals surface area contributed by atoms with E-state index in [2.05, 4.69) is 6.07 Å². The zero-order chi connectivity index (χ0) is 19.4. The Labute approximate surface area is 155 Å². The topological polar surface area (TPSA) is 93.2 Å². The van der Waals surface area contributed by atoms with Gasteiger partial charge >= 0.3 is 5.97 Å². The molecule has 0 N–H and O–H groups in total. The number of carbonyl (C=O) groups is 1. The molecule has 0 saturated heterocycles. The van der Waals surface area contributed by atoms with E-state index in [1.54, 1.807) is 43.3 Å². The molecule has 0 saturated carbocycles. The minimum absolute atomic E-state index is 0.114. The average Bonchev–Trinajstić information content (AvgIpc) is 2.68. The molecule has 0 heterocycles. The van der Waals surface area contributed by atoms with Crippen LogP contribution in [0.5, 0.6) is 5.75 Å². The number of nitro groups is 1. The number of ether oxygens (including phenoxy) is 1. The molecule has 0 aromatic heterocycles. The summed E-state index contributed by atoms with van der Waals surface area (Å²) in [6.07, 6.45) is 0. The Morgan fingerprint density at radius 1 is 1.00 bits per heavy atom. The molecule has 3 rings (SSSR count). The highest BCUT2D eigenvalue weighted by atomic mass is 16.6. The molecule has 0 amide bonds. The number of nitriles is 1. The molecule has 0 spiro atoms. The molecule has 0 radical (unpaired) electrons. The third-order valence-corrected chi connectivity index (χ3v) is 4.05. The number of nitro benzene ring substituents is 1. The van der Waals surface area contributed by atoms with Crippen molar-refractivity contribution in [2.75, 3.05) is 0 Å². The van der Waals surface area contributed by atoms with Crippen LogP contribution in [-0.4, -0.2) is 10.9 Å². The Morgan fingerprint density at radius 3 is 2.15 bits per heavy atom. The van der Waals surface area contributed by atoms with E-state index in [0.29, 0.717) is 16.9 Å². The first-order valence-electron chi connectivity index (χ1n) is 8.06.